The van der Waals surface area contributed by atoms with Crippen LogP contribution in [0.3, 0.4) is 0 Å². The molecule has 0 aliphatic heterocycles. The van der Waals surface area contributed by atoms with Crippen molar-refractivity contribution in [3.05, 3.63) is 52.8 Å². The van der Waals surface area contributed by atoms with Crippen LogP contribution in [0.1, 0.15) is 0 Å². The smallest absolute Gasteiger partial charge is 0.234 e. The molecule has 2 aromatic carbocycles. The summed E-state index contributed by atoms with van der Waals surface area (Å²) in [5, 5.41) is 12.3. The Hall–Kier alpha value is -2.42. The zero-order valence-corrected chi connectivity index (χ0v) is 17.3. The minimum Gasteiger partial charge on any atom is -0.495 e. The Morgan fingerprint density at radius 1 is 1.18 bits per heavy atom. The Labute approximate surface area is 176 Å². The number of carbonyl (C=O) groups is 1. The fourth-order valence-electron chi connectivity index (χ4n) is 2.40. The Balaban J connectivity index is 1.70. The molecule has 0 radical (unpaired) electrons. The summed E-state index contributed by atoms with van der Waals surface area (Å²) in [5.41, 5.74) is 1.27. The molecule has 7 nitrogen and oxygen atoms in total. The van der Waals surface area contributed by atoms with E-state index in [0.717, 1.165) is 5.69 Å². The molecule has 0 fully saturated rings. The third kappa shape index (κ3) is 4.70. The summed E-state index contributed by atoms with van der Waals surface area (Å²) < 4.78 is 12.2. The highest BCUT2D eigenvalue weighted by molar-refractivity contribution is 7.99. The van der Waals surface area contributed by atoms with Gasteiger partial charge in [-0.1, -0.05) is 41.0 Å². The second kappa shape index (κ2) is 9.18. The SMILES string of the molecule is COc1cc(NC(=O)CSc2nncn2-c2cccc(Cl)c2)c(OC)cc1Cl. The zero-order valence-electron chi connectivity index (χ0n) is 15.0. The highest BCUT2D eigenvalue weighted by Gasteiger charge is 2.14. The summed E-state index contributed by atoms with van der Waals surface area (Å²) in [4.78, 5) is 12.4. The van der Waals surface area contributed by atoms with Crippen molar-refractivity contribution in [3.63, 3.8) is 0 Å². The van der Waals surface area contributed by atoms with Crippen LogP contribution in [0.4, 0.5) is 5.69 Å². The van der Waals surface area contributed by atoms with E-state index in [1.54, 1.807) is 35.2 Å². The van der Waals surface area contributed by atoms with E-state index in [1.165, 1.54) is 26.0 Å². The molecule has 146 valence electrons. The lowest BCUT2D eigenvalue weighted by molar-refractivity contribution is -0.113. The van der Waals surface area contributed by atoms with Crippen LogP contribution < -0.4 is 14.8 Å². The molecule has 1 heterocycles. The zero-order chi connectivity index (χ0) is 20.1. The Morgan fingerprint density at radius 3 is 2.68 bits per heavy atom. The maximum atomic E-state index is 12.4. The Bertz CT molecular complexity index is 997. The van der Waals surface area contributed by atoms with Gasteiger partial charge in [-0.05, 0) is 18.2 Å². The molecule has 1 amide bonds. The average Bonchev–Trinajstić information content (AvgIpc) is 3.16. The molecule has 3 aromatic rings. The molecule has 0 bridgehead atoms. The van der Waals surface area contributed by atoms with Crippen molar-refractivity contribution in [2.75, 3.05) is 25.3 Å². The van der Waals surface area contributed by atoms with Crippen LogP contribution in [0.2, 0.25) is 10.0 Å². The molecule has 0 saturated heterocycles. The monoisotopic (exact) mass is 438 g/mol. The van der Waals surface area contributed by atoms with Crippen LogP contribution in [0, 0.1) is 0 Å². The minimum atomic E-state index is -0.242. The van der Waals surface area contributed by atoms with Crippen molar-refractivity contribution in [1.29, 1.82) is 0 Å². The van der Waals surface area contributed by atoms with Crippen LogP contribution in [-0.2, 0) is 4.79 Å². The summed E-state index contributed by atoms with van der Waals surface area (Å²) in [6.45, 7) is 0. The number of ether oxygens (including phenoxy) is 2. The first kappa shape index (κ1) is 20.3. The molecule has 1 N–H and O–H groups in total. The van der Waals surface area contributed by atoms with Crippen molar-refractivity contribution < 1.29 is 14.3 Å². The standard InChI is InChI=1S/C18H16Cl2N4O3S/c1-26-15-8-14(16(27-2)7-13(15)20)22-17(25)9-28-18-23-21-10-24(18)12-5-3-4-11(19)6-12/h3-8,10H,9H2,1-2H3,(H,22,25). The molecular weight excluding hydrogens is 423 g/mol. The van der Waals surface area contributed by atoms with Crippen molar-refractivity contribution >= 4 is 46.6 Å². The van der Waals surface area contributed by atoms with Crippen molar-refractivity contribution in [2.45, 2.75) is 5.16 Å². The molecule has 0 aliphatic rings. The number of hydrogen-bond donors (Lipinski definition) is 1. The number of nitrogens with zero attached hydrogens (tertiary/aromatic N) is 3. The van der Waals surface area contributed by atoms with E-state index in [0.29, 0.717) is 32.4 Å². The van der Waals surface area contributed by atoms with Crippen molar-refractivity contribution in [2.24, 2.45) is 0 Å². The molecule has 0 atom stereocenters. The first-order chi connectivity index (χ1) is 13.5. The van der Waals surface area contributed by atoms with Gasteiger partial charge in [-0.25, -0.2) is 0 Å². The number of halogens is 2. The number of benzene rings is 2. The van der Waals surface area contributed by atoms with E-state index in [4.69, 9.17) is 32.7 Å². The largest absolute Gasteiger partial charge is 0.495 e. The second-order valence-corrected chi connectivity index (χ2v) is 7.27. The lowest BCUT2D eigenvalue weighted by atomic mass is 10.2. The highest BCUT2D eigenvalue weighted by atomic mass is 35.5. The van der Waals surface area contributed by atoms with E-state index < -0.39 is 0 Å². The van der Waals surface area contributed by atoms with Gasteiger partial charge in [-0.3, -0.25) is 9.36 Å². The molecule has 0 unspecified atom stereocenters. The predicted octanol–water partition coefficient (Wildman–Crippen LogP) is 4.32. The number of thioether (sulfide) groups is 1. The summed E-state index contributed by atoms with van der Waals surface area (Å²) in [7, 11) is 2.99. The fourth-order valence-corrected chi connectivity index (χ4v) is 3.54. The van der Waals surface area contributed by atoms with E-state index in [9.17, 15) is 4.79 Å². The lowest BCUT2D eigenvalue weighted by Crippen LogP contribution is -2.15. The number of rotatable bonds is 7. The van der Waals surface area contributed by atoms with Gasteiger partial charge < -0.3 is 14.8 Å². The van der Waals surface area contributed by atoms with E-state index >= 15 is 0 Å². The molecule has 0 saturated carbocycles. The van der Waals surface area contributed by atoms with Crippen molar-refractivity contribution in [3.8, 4) is 17.2 Å². The molecule has 0 spiro atoms. The fraction of sp³-hybridized carbons (Fsp3) is 0.167. The minimum absolute atomic E-state index is 0.118. The van der Waals surface area contributed by atoms with Gasteiger partial charge in [0.05, 0.1) is 36.4 Å². The summed E-state index contributed by atoms with van der Waals surface area (Å²) in [6, 6.07) is 10.5. The molecule has 10 heteroatoms. The van der Waals surface area contributed by atoms with Gasteiger partial charge in [-0.2, -0.15) is 0 Å². The Kier molecular flexibility index (Phi) is 6.66. The van der Waals surface area contributed by atoms with Gasteiger partial charge in [-0.15, -0.1) is 10.2 Å². The number of hydrogen-bond acceptors (Lipinski definition) is 6. The van der Waals surface area contributed by atoms with Crippen LogP contribution in [0.25, 0.3) is 5.69 Å². The van der Waals surface area contributed by atoms with Crippen LogP contribution in [-0.4, -0.2) is 40.6 Å². The first-order valence-electron chi connectivity index (χ1n) is 8.02. The highest BCUT2D eigenvalue weighted by Crippen LogP contribution is 2.36. The molecule has 1 aromatic heterocycles. The van der Waals surface area contributed by atoms with Crippen LogP contribution in [0.5, 0.6) is 11.5 Å². The predicted molar refractivity (Wildman–Crippen MR) is 110 cm³/mol. The number of nitrogens with one attached hydrogen (secondary N) is 1. The third-order valence-electron chi connectivity index (χ3n) is 3.68. The van der Waals surface area contributed by atoms with Crippen LogP contribution >= 0.6 is 35.0 Å². The van der Waals surface area contributed by atoms with Gasteiger partial charge in [0.1, 0.15) is 17.8 Å². The van der Waals surface area contributed by atoms with E-state index in [2.05, 4.69) is 15.5 Å². The normalized spacial score (nSPS) is 10.6. The Morgan fingerprint density at radius 2 is 1.96 bits per heavy atom. The average molecular weight is 439 g/mol. The number of methoxy groups -OCH3 is 2. The number of anilines is 1. The molecule has 0 aliphatic carbocycles. The van der Waals surface area contributed by atoms with Gasteiger partial charge in [0.25, 0.3) is 0 Å². The number of carbonyl (C=O) groups excluding carboxylic acids is 1. The third-order valence-corrected chi connectivity index (χ3v) is 5.16. The molecular formula is C18H16Cl2N4O3S. The van der Waals surface area contributed by atoms with Gasteiger partial charge in [0.15, 0.2) is 5.16 Å². The van der Waals surface area contributed by atoms with Gasteiger partial charge >= 0.3 is 0 Å². The van der Waals surface area contributed by atoms with Gasteiger partial charge in [0.2, 0.25) is 5.91 Å². The van der Waals surface area contributed by atoms with E-state index in [-0.39, 0.29) is 11.7 Å². The summed E-state index contributed by atoms with van der Waals surface area (Å²) in [5.74, 6) is 0.749. The lowest BCUT2D eigenvalue weighted by Gasteiger charge is -2.13. The summed E-state index contributed by atoms with van der Waals surface area (Å²) in [6.07, 6.45) is 1.57. The van der Waals surface area contributed by atoms with Gasteiger partial charge in [0, 0.05) is 17.2 Å². The molecule has 28 heavy (non-hydrogen) atoms. The van der Waals surface area contributed by atoms with Crippen molar-refractivity contribution in [1.82, 2.24) is 14.8 Å². The van der Waals surface area contributed by atoms with Crippen LogP contribution in [0.15, 0.2) is 47.9 Å². The number of amides is 1. The topological polar surface area (TPSA) is 78.3 Å². The number of aromatic nitrogens is 3. The maximum absolute atomic E-state index is 12.4. The van der Waals surface area contributed by atoms with E-state index in [1.807, 2.05) is 12.1 Å². The first-order valence-corrected chi connectivity index (χ1v) is 9.76. The maximum Gasteiger partial charge on any atom is 0.234 e. The quantitative estimate of drug-likeness (QED) is 0.553. The summed E-state index contributed by atoms with van der Waals surface area (Å²) >= 11 is 13.4. The second-order valence-electron chi connectivity index (χ2n) is 5.49. The molecule has 3 rings (SSSR count).